The van der Waals surface area contributed by atoms with Crippen molar-refractivity contribution < 1.29 is 28.3 Å². The number of carbonyl (C=O) groups excluding carboxylic acids is 3. The summed E-state index contributed by atoms with van der Waals surface area (Å²) in [6.45, 7) is -0.281. The molecule has 0 saturated carbocycles. The molecule has 32 heavy (non-hydrogen) atoms. The van der Waals surface area contributed by atoms with Crippen LogP contribution in [0.15, 0.2) is 70.4 Å². The van der Waals surface area contributed by atoms with Gasteiger partial charge in [0, 0.05) is 0 Å². The Labute approximate surface area is 188 Å². The molecule has 9 nitrogen and oxygen atoms in total. The minimum atomic E-state index is -0.626. The minimum absolute atomic E-state index is 0.101. The van der Waals surface area contributed by atoms with Crippen molar-refractivity contribution in [3.8, 4) is 11.5 Å². The van der Waals surface area contributed by atoms with E-state index in [0.29, 0.717) is 5.56 Å². The van der Waals surface area contributed by atoms with Crippen molar-refractivity contribution in [1.82, 2.24) is 10.7 Å². The highest BCUT2D eigenvalue weighted by molar-refractivity contribution is 6.33. The van der Waals surface area contributed by atoms with Crippen molar-refractivity contribution >= 4 is 35.6 Å². The molecule has 10 heteroatoms. The van der Waals surface area contributed by atoms with Gasteiger partial charge in [-0.1, -0.05) is 23.7 Å². The molecule has 0 fully saturated rings. The first-order valence-electron chi connectivity index (χ1n) is 9.26. The smallest absolute Gasteiger partial charge is 0.345 e. The van der Waals surface area contributed by atoms with Crippen LogP contribution in [-0.4, -0.2) is 37.7 Å². The summed E-state index contributed by atoms with van der Waals surface area (Å²) in [6.07, 6.45) is 2.73. The number of ether oxygens (including phenoxy) is 2. The van der Waals surface area contributed by atoms with Gasteiger partial charge in [0.2, 0.25) is 0 Å². The molecule has 1 heterocycles. The molecule has 0 spiro atoms. The number of methoxy groups -OCH3 is 1. The molecule has 1 aromatic heterocycles. The van der Waals surface area contributed by atoms with Crippen molar-refractivity contribution in [2.75, 3.05) is 13.7 Å². The molecule has 2 N–H and O–H groups in total. The van der Waals surface area contributed by atoms with Gasteiger partial charge in [0.25, 0.3) is 11.8 Å². The van der Waals surface area contributed by atoms with E-state index < -0.39 is 17.8 Å². The number of halogens is 1. The number of rotatable bonds is 8. The fourth-order valence-electron chi connectivity index (χ4n) is 2.50. The van der Waals surface area contributed by atoms with Gasteiger partial charge in [-0.25, -0.2) is 10.2 Å². The lowest BCUT2D eigenvalue weighted by molar-refractivity contribution is -0.120. The van der Waals surface area contributed by atoms with E-state index >= 15 is 0 Å². The predicted octanol–water partition coefficient (Wildman–Crippen LogP) is 3.04. The first-order valence-corrected chi connectivity index (χ1v) is 9.64. The average Bonchev–Trinajstić information content (AvgIpc) is 3.33. The van der Waals surface area contributed by atoms with Gasteiger partial charge >= 0.3 is 5.97 Å². The van der Waals surface area contributed by atoms with Gasteiger partial charge in [-0.15, -0.1) is 0 Å². The van der Waals surface area contributed by atoms with E-state index in [2.05, 4.69) is 15.8 Å². The van der Waals surface area contributed by atoms with Crippen LogP contribution in [-0.2, 0) is 4.79 Å². The maximum absolute atomic E-state index is 12.3. The standard InChI is InChI=1S/C22H18ClN3O6/c1-30-19-11-14(8-9-17(19)32-22(29)15-5-2-3-6-16(15)23)12-25-26-20(27)13-24-21(28)18-7-4-10-31-18/h2-12H,13H2,1H3,(H,24,28)(H,26,27)/b25-12-. The molecule has 0 unspecified atom stereocenters. The third-order valence-corrected chi connectivity index (χ3v) is 4.37. The van der Waals surface area contributed by atoms with Crippen molar-refractivity contribution in [3.63, 3.8) is 0 Å². The highest BCUT2D eigenvalue weighted by Gasteiger charge is 2.15. The Morgan fingerprint density at radius 1 is 1.09 bits per heavy atom. The normalized spacial score (nSPS) is 10.6. The number of amides is 2. The average molecular weight is 456 g/mol. The maximum Gasteiger partial charge on any atom is 0.345 e. The molecule has 164 valence electrons. The Balaban J connectivity index is 1.56. The number of hydrogen-bond acceptors (Lipinski definition) is 7. The van der Waals surface area contributed by atoms with Gasteiger partial charge in [-0.3, -0.25) is 9.59 Å². The Kier molecular flexibility index (Phi) is 7.60. The summed E-state index contributed by atoms with van der Waals surface area (Å²) < 4.78 is 15.6. The van der Waals surface area contributed by atoms with E-state index in [0.717, 1.165) is 0 Å². The zero-order valence-electron chi connectivity index (χ0n) is 16.8. The predicted molar refractivity (Wildman–Crippen MR) is 116 cm³/mol. The first-order chi connectivity index (χ1) is 15.5. The number of benzene rings is 2. The van der Waals surface area contributed by atoms with Gasteiger partial charge in [-0.2, -0.15) is 5.10 Å². The van der Waals surface area contributed by atoms with E-state index in [1.54, 1.807) is 42.5 Å². The van der Waals surface area contributed by atoms with Crippen LogP contribution in [0.3, 0.4) is 0 Å². The number of carbonyl (C=O) groups is 3. The van der Waals surface area contributed by atoms with Crippen molar-refractivity contribution in [1.29, 1.82) is 0 Å². The van der Waals surface area contributed by atoms with Crippen molar-refractivity contribution in [3.05, 3.63) is 82.8 Å². The van der Waals surface area contributed by atoms with Gasteiger partial charge in [0.15, 0.2) is 17.3 Å². The summed E-state index contributed by atoms with van der Waals surface area (Å²) in [4.78, 5) is 35.9. The third kappa shape index (κ3) is 5.96. The van der Waals surface area contributed by atoms with Crippen LogP contribution in [0.2, 0.25) is 5.02 Å². The van der Waals surface area contributed by atoms with Gasteiger partial charge in [0.05, 0.1) is 36.7 Å². The summed E-state index contributed by atoms with van der Waals surface area (Å²) >= 11 is 6.02. The molecule has 0 saturated heterocycles. The van der Waals surface area contributed by atoms with Crippen molar-refractivity contribution in [2.24, 2.45) is 5.10 Å². The summed E-state index contributed by atoms with van der Waals surface area (Å²) in [5.74, 6) is -1.09. The van der Waals surface area contributed by atoms with E-state index in [4.69, 9.17) is 25.5 Å². The van der Waals surface area contributed by atoms with Crippen LogP contribution in [0, 0.1) is 0 Å². The van der Waals surface area contributed by atoms with Gasteiger partial charge < -0.3 is 19.2 Å². The molecule has 0 aliphatic heterocycles. The lowest BCUT2D eigenvalue weighted by Crippen LogP contribution is -2.34. The number of hydrazone groups is 1. The van der Waals surface area contributed by atoms with Crippen LogP contribution in [0.1, 0.15) is 26.5 Å². The Hall–Kier alpha value is -4.11. The molecule has 0 atom stereocenters. The van der Waals surface area contributed by atoms with E-state index in [1.807, 2.05) is 0 Å². The Morgan fingerprint density at radius 2 is 1.91 bits per heavy atom. The number of furan rings is 1. The molecule has 0 aliphatic rings. The zero-order valence-corrected chi connectivity index (χ0v) is 17.6. The zero-order chi connectivity index (χ0) is 22.9. The maximum atomic E-state index is 12.3. The molecule has 2 amide bonds. The number of nitrogens with zero attached hydrogens (tertiary/aromatic N) is 1. The molecular weight excluding hydrogens is 438 g/mol. The fourth-order valence-corrected chi connectivity index (χ4v) is 2.72. The van der Waals surface area contributed by atoms with Crippen LogP contribution in [0.4, 0.5) is 0 Å². The first kappa shape index (κ1) is 22.6. The van der Waals surface area contributed by atoms with Crippen LogP contribution < -0.4 is 20.2 Å². The molecule has 2 aromatic carbocycles. The molecule has 3 aromatic rings. The quantitative estimate of drug-likeness (QED) is 0.233. The fraction of sp³-hybridized carbons (Fsp3) is 0.0909. The third-order valence-electron chi connectivity index (χ3n) is 4.04. The van der Waals surface area contributed by atoms with Crippen LogP contribution >= 0.6 is 11.6 Å². The lowest BCUT2D eigenvalue weighted by atomic mass is 10.2. The van der Waals surface area contributed by atoms with Crippen LogP contribution in [0.25, 0.3) is 0 Å². The number of hydrogen-bond donors (Lipinski definition) is 2. The SMILES string of the molecule is COc1cc(/C=N\NC(=O)CNC(=O)c2ccco2)ccc1OC(=O)c1ccccc1Cl. The molecule has 0 radical (unpaired) electrons. The topological polar surface area (TPSA) is 119 Å². The van der Waals surface area contributed by atoms with Gasteiger partial charge in [0.1, 0.15) is 0 Å². The second-order valence-electron chi connectivity index (χ2n) is 6.23. The second-order valence-corrected chi connectivity index (χ2v) is 6.64. The summed E-state index contributed by atoms with van der Waals surface area (Å²) in [5, 5.41) is 6.50. The molecular formula is C22H18ClN3O6. The number of nitrogens with one attached hydrogen (secondary N) is 2. The van der Waals surface area contributed by atoms with Crippen LogP contribution in [0.5, 0.6) is 11.5 Å². The molecule has 3 rings (SSSR count). The molecule has 0 bridgehead atoms. The van der Waals surface area contributed by atoms with Crippen molar-refractivity contribution in [2.45, 2.75) is 0 Å². The largest absolute Gasteiger partial charge is 0.493 e. The number of esters is 1. The summed E-state index contributed by atoms with van der Waals surface area (Å²) in [7, 11) is 1.42. The van der Waals surface area contributed by atoms with Gasteiger partial charge in [-0.05, 0) is 48.0 Å². The van der Waals surface area contributed by atoms with E-state index in [1.165, 1.54) is 31.7 Å². The van der Waals surface area contributed by atoms with E-state index in [9.17, 15) is 14.4 Å². The monoisotopic (exact) mass is 455 g/mol. The highest BCUT2D eigenvalue weighted by Crippen LogP contribution is 2.29. The van der Waals surface area contributed by atoms with E-state index in [-0.39, 0.29) is 34.4 Å². The summed E-state index contributed by atoms with van der Waals surface area (Å²) in [5.41, 5.74) is 3.08. The highest BCUT2D eigenvalue weighted by atomic mass is 35.5. The Bertz CT molecular complexity index is 1140. The Morgan fingerprint density at radius 3 is 2.62 bits per heavy atom. The second kappa shape index (κ2) is 10.8. The molecule has 0 aliphatic carbocycles. The minimum Gasteiger partial charge on any atom is -0.493 e. The summed E-state index contributed by atoms with van der Waals surface area (Å²) in [6, 6.07) is 14.3. The lowest BCUT2D eigenvalue weighted by Gasteiger charge is -2.10.